The fourth-order valence-electron chi connectivity index (χ4n) is 2.79. The molecule has 0 radical (unpaired) electrons. The van der Waals surface area contributed by atoms with Gasteiger partial charge >= 0.3 is 0 Å². The number of carbonyl (C=O) groups is 1. The van der Waals surface area contributed by atoms with Gasteiger partial charge in [0.2, 0.25) is 0 Å². The van der Waals surface area contributed by atoms with Gasteiger partial charge in [0, 0.05) is 11.5 Å². The van der Waals surface area contributed by atoms with Gasteiger partial charge in [-0.05, 0) is 36.8 Å². The lowest BCUT2D eigenvalue weighted by molar-refractivity contribution is -0.112. The Hall–Kier alpha value is -3.37. The average molecular weight is 437 g/mol. The number of hydrogen-bond donors (Lipinski definition) is 1. The Morgan fingerprint density at radius 2 is 1.79 bits per heavy atom. The highest BCUT2D eigenvalue weighted by atomic mass is 79.9. The summed E-state index contributed by atoms with van der Waals surface area (Å²) < 4.78 is 3.89. The Bertz CT molecular complexity index is 1170. The van der Waals surface area contributed by atoms with Gasteiger partial charge in [0.05, 0.1) is 11.4 Å². The second-order valence-corrected chi connectivity index (χ2v) is 6.94. The summed E-state index contributed by atoms with van der Waals surface area (Å²) in [5, 5.41) is 12.0. The van der Waals surface area contributed by atoms with Crippen LogP contribution in [-0.2, 0) is 11.8 Å². The number of hydrogen-bond acceptors (Lipinski definition) is 3. The first-order valence-corrected chi connectivity index (χ1v) is 9.25. The molecule has 7 heteroatoms. The van der Waals surface area contributed by atoms with Gasteiger partial charge in [0.25, 0.3) is 11.5 Å². The van der Waals surface area contributed by atoms with Crippen molar-refractivity contribution in [1.82, 2.24) is 9.36 Å². The zero-order chi connectivity index (χ0) is 20.3. The fourth-order valence-corrected chi connectivity index (χ4v) is 3.19. The van der Waals surface area contributed by atoms with Crippen LogP contribution in [0.2, 0.25) is 0 Å². The fraction of sp³-hybridized carbons (Fsp3) is 0.0952. The molecule has 0 fully saturated rings. The Morgan fingerprint density at radius 1 is 1.14 bits per heavy atom. The van der Waals surface area contributed by atoms with Crippen molar-refractivity contribution >= 4 is 33.6 Å². The first kappa shape index (κ1) is 19.4. The van der Waals surface area contributed by atoms with Gasteiger partial charge in [-0.2, -0.15) is 5.26 Å². The largest absolute Gasteiger partial charge is 0.315 e. The Labute approximate surface area is 170 Å². The highest BCUT2D eigenvalue weighted by Crippen LogP contribution is 2.20. The standard InChI is InChI=1S/C21H17BrN4O2/c1-14-19(21(28)26(25(14)2)17-9-4-3-5-10-17)24-20(27)16(13-23)12-15-8-6-7-11-18(15)22/h3-12H,1-2H3,(H,24,27)/b16-12+. The number of para-hydroxylation sites is 1. The van der Waals surface area contributed by atoms with Crippen molar-refractivity contribution in [2.45, 2.75) is 6.92 Å². The van der Waals surface area contributed by atoms with E-state index in [1.54, 1.807) is 36.9 Å². The molecule has 0 aliphatic heterocycles. The Kier molecular flexibility index (Phi) is 5.62. The van der Waals surface area contributed by atoms with Crippen LogP contribution >= 0.6 is 15.9 Å². The molecule has 140 valence electrons. The van der Waals surface area contributed by atoms with Crippen molar-refractivity contribution in [3.63, 3.8) is 0 Å². The molecule has 28 heavy (non-hydrogen) atoms. The monoisotopic (exact) mass is 436 g/mol. The van der Waals surface area contributed by atoms with Crippen LogP contribution in [0.25, 0.3) is 11.8 Å². The molecule has 1 aromatic heterocycles. The molecule has 0 aliphatic carbocycles. The molecule has 1 heterocycles. The van der Waals surface area contributed by atoms with E-state index in [1.165, 1.54) is 10.8 Å². The molecule has 6 nitrogen and oxygen atoms in total. The van der Waals surface area contributed by atoms with Gasteiger partial charge in [-0.1, -0.05) is 52.3 Å². The first-order chi connectivity index (χ1) is 13.4. The number of rotatable bonds is 4. The Balaban J connectivity index is 1.98. The van der Waals surface area contributed by atoms with Gasteiger partial charge in [-0.3, -0.25) is 14.3 Å². The number of nitrogens with zero attached hydrogens (tertiary/aromatic N) is 3. The topological polar surface area (TPSA) is 79.8 Å². The maximum Gasteiger partial charge on any atom is 0.295 e. The van der Waals surface area contributed by atoms with Crippen LogP contribution in [0.3, 0.4) is 0 Å². The SMILES string of the molecule is Cc1c(NC(=O)/C(C#N)=C/c2ccccc2Br)c(=O)n(-c2ccccc2)n1C. The summed E-state index contributed by atoms with van der Waals surface area (Å²) in [7, 11) is 1.74. The summed E-state index contributed by atoms with van der Waals surface area (Å²) in [4.78, 5) is 25.5. The molecule has 0 saturated heterocycles. The molecule has 3 rings (SSSR count). The number of benzene rings is 2. The second kappa shape index (κ2) is 8.11. The van der Waals surface area contributed by atoms with E-state index in [4.69, 9.17) is 0 Å². The third-order valence-corrected chi connectivity index (χ3v) is 5.09. The lowest BCUT2D eigenvalue weighted by atomic mass is 10.1. The predicted octanol–water partition coefficient (Wildman–Crippen LogP) is 3.79. The van der Waals surface area contributed by atoms with E-state index >= 15 is 0 Å². The van der Waals surface area contributed by atoms with Crippen molar-refractivity contribution in [3.8, 4) is 11.8 Å². The summed E-state index contributed by atoms with van der Waals surface area (Å²) in [5.74, 6) is -0.635. The van der Waals surface area contributed by atoms with E-state index in [1.807, 2.05) is 42.5 Å². The van der Waals surface area contributed by atoms with Crippen LogP contribution in [0.5, 0.6) is 0 Å². The second-order valence-electron chi connectivity index (χ2n) is 6.08. The van der Waals surface area contributed by atoms with Crippen LogP contribution in [0.15, 0.2) is 69.4 Å². The van der Waals surface area contributed by atoms with Gasteiger partial charge < -0.3 is 5.32 Å². The lowest BCUT2D eigenvalue weighted by Gasteiger charge is -2.07. The molecule has 0 spiro atoms. The smallest absolute Gasteiger partial charge is 0.295 e. The molecule has 3 aromatic rings. The summed E-state index contributed by atoms with van der Waals surface area (Å²) in [6, 6.07) is 18.3. The van der Waals surface area contributed by atoms with Gasteiger partial charge in [-0.25, -0.2) is 4.68 Å². The van der Waals surface area contributed by atoms with Crippen molar-refractivity contribution < 1.29 is 4.79 Å². The van der Waals surface area contributed by atoms with E-state index in [-0.39, 0.29) is 16.8 Å². The maximum atomic E-state index is 12.9. The van der Waals surface area contributed by atoms with Crippen molar-refractivity contribution in [3.05, 3.63) is 86.3 Å². The third-order valence-electron chi connectivity index (χ3n) is 4.36. The molecular formula is C21H17BrN4O2. The minimum absolute atomic E-state index is 0.0965. The quantitative estimate of drug-likeness (QED) is 0.498. The van der Waals surface area contributed by atoms with Gasteiger partial charge in [-0.15, -0.1) is 0 Å². The highest BCUT2D eigenvalue weighted by Gasteiger charge is 2.20. The molecule has 2 aromatic carbocycles. The average Bonchev–Trinajstić information content (AvgIpc) is 2.91. The van der Waals surface area contributed by atoms with Crippen LogP contribution < -0.4 is 10.9 Å². The van der Waals surface area contributed by atoms with E-state index in [9.17, 15) is 14.9 Å². The van der Waals surface area contributed by atoms with Crippen LogP contribution in [-0.4, -0.2) is 15.3 Å². The number of halogens is 1. The zero-order valence-electron chi connectivity index (χ0n) is 15.3. The number of amides is 1. The molecule has 0 saturated carbocycles. The summed E-state index contributed by atoms with van der Waals surface area (Å²) >= 11 is 3.39. The molecule has 0 aliphatic rings. The van der Waals surface area contributed by atoms with E-state index in [0.29, 0.717) is 16.9 Å². The lowest BCUT2D eigenvalue weighted by Crippen LogP contribution is -2.23. The molecule has 0 bridgehead atoms. The number of aromatic nitrogens is 2. The van der Waals surface area contributed by atoms with Gasteiger partial charge in [0.1, 0.15) is 17.3 Å². The summed E-state index contributed by atoms with van der Waals surface area (Å²) in [6.45, 7) is 1.74. The normalized spacial score (nSPS) is 11.1. The van der Waals surface area contributed by atoms with E-state index < -0.39 is 5.91 Å². The van der Waals surface area contributed by atoms with Crippen molar-refractivity contribution in [2.75, 3.05) is 5.32 Å². The van der Waals surface area contributed by atoms with Crippen LogP contribution in [0, 0.1) is 18.3 Å². The number of nitriles is 1. The van der Waals surface area contributed by atoms with E-state index in [2.05, 4.69) is 21.2 Å². The van der Waals surface area contributed by atoms with Crippen LogP contribution in [0.4, 0.5) is 5.69 Å². The molecule has 0 unspecified atom stereocenters. The minimum Gasteiger partial charge on any atom is -0.315 e. The molecule has 1 amide bonds. The maximum absolute atomic E-state index is 12.9. The van der Waals surface area contributed by atoms with Crippen LogP contribution in [0.1, 0.15) is 11.3 Å². The van der Waals surface area contributed by atoms with Crippen molar-refractivity contribution in [2.24, 2.45) is 7.05 Å². The van der Waals surface area contributed by atoms with Gasteiger partial charge in [0.15, 0.2) is 0 Å². The summed E-state index contributed by atoms with van der Waals surface area (Å²) in [6.07, 6.45) is 1.48. The molecule has 1 N–H and O–H groups in total. The first-order valence-electron chi connectivity index (χ1n) is 8.45. The van der Waals surface area contributed by atoms with Crippen molar-refractivity contribution in [1.29, 1.82) is 5.26 Å². The highest BCUT2D eigenvalue weighted by molar-refractivity contribution is 9.10. The van der Waals surface area contributed by atoms with E-state index in [0.717, 1.165) is 4.47 Å². The predicted molar refractivity (Wildman–Crippen MR) is 112 cm³/mol. The Morgan fingerprint density at radius 3 is 2.43 bits per heavy atom. The third kappa shape index (κ3) is 3.68. The number of carbonyl (C=O) groups excluding carboxylic acids is 1. The molecule has 0 atom stereocenters. The zero-order valence-corrected chi connectivity index (χ0v) is 16.9. The minimum atomic E-state index is -0.635. The number of nitrogens with one attached hydrogen (secondary N) is 1. The molecular weight excluding hydrogens is 420 g/mol. The summed E-state index contributed by atoms with van der Waals surface area (Å²) in [5.41, 5.74) is 1.65. The number of anilines is 1.